The maximum Gasteiger partial charge on any atom is 0.161 e. The van der Waals surface area contributed by atoms with Crippen molar-refractivity contribution in [1.29, 1.82) is 0 Å². The monoisotopic (exact) mass is 280 g/mol. The highest BCUT2D eigenvalue weighted by Gasteiger charge is 2.11. The minimum Gasteiger partial charge on any atom is -0.358 e. The van der Waals surface area contributed by atoms with Crippen LogP contribution in [0.5, 0.6) is 0 Å². The van der Waals surface area contributed by atoms with Crippen LogP contribution < -0.4 is 16.2 Å². The summed E-state index contributed by atoms with van der Waals surface area (Å²) in [6.07, 6.45) is 2.05. The number of hydrogen-bond donors (Lipinski definition) is 2. The van der Waals surface area contributed by atoms with Crippen molar-refractivity contribution in [3.05, 3.63) is 16.1 Å². The summed E-state index contributed by atoms with van der Waals surface area (Å²) >= 11 is 13.7. The van der Waals surface area contributed by atoms with E-state index in [0.29, 0.717) is 21.7 Å². The summed E-state index contributed by atoms with van der Waals surface area (Å²) in [5, 5.41) is 0.933. The van der Waals surface area contributed by atoms with Crippen LogP contribution in [0.1, 0.15) is 0 Å². The van der Waals surface area contributed by atoms with E-state index in [9.17, 15) is 0 Å². The molecule has 0 fully saturated rings. The van der Waals surface area contributed by atoms with E-state index < -0.39 is 0 Å². The van der Waals surface area contributed by atoms with Gasteiger partial charge in [-0.15, -0.1) is 0 Å². The summed E-state index contributed by atoms with van der Waals surface area (Å²) in [4.78, 5) is 6.23. The zero-order chi connectivity index (χ0) is 12.1. The largest absolute Gasteiger partial charge is 0.358 e. The van der Waals surface area contributed by atoms with Gasteiger partial charge in [-0.25, -0.2) is 10.8 Å². The predicted molar refractivity (Wildman–Crippen MR) is 73.7 cm³/mol. The molecule has 1 rings (SSSR count). The second kappa shape index (κ2) is 6.39. The summed E-state index contributed by atoms with van der Waals surface area (Å²) in [5.41, 5.74) is 2.44. The van der Waals surface area contributed by atoms with Gasteiger partial charge in [-0.2, -0.15) is 11.8 Å². The molecule has 0 amide bonds. The van der Waals surface area contributed by atoms with Crippen molar-refractivity contribution in [2.45, 2.75) is 0 Å². The van der Waals surface area contributed by atoms with E-state index in [1.807, 2.05) is 11.9 Å². The molecule has 7 heteroatoms. The van der Waals surface area contributed by atoms with Gasteiger partial charge < -0.3 is 10.3 Å². The number of halogens is 2. The van der Waals surface area contributed by atoms with E-state index in [1.165, 1.54) is 0 Å². The topological polar surface area (TPSA) is 54.2 Å². The molecule has 0 radical (unpaired) electrons. The van der Waals surface area contributed by atoms with Crippen molar-refractivity contribution in [3.63, 3.8) is 0 Å². The molecule has 0 aliphatic rings. The van der Waals surface area contributed by atoms with Crippen LogP contribution >= 0.6 is 35.0 Å². The van der Waals surface area contributed by atoms with Crippen molar-refractivity contribution in [2.75, 3.05) is 35.9 Å². The van der Waals surface area contributed by atoms with Crippen molar-refractivity contribution in [2.24, 2.45) is 5.84 Å². The molecular weight excluding hydrogens is 267 g/mol. The highest BCUT2D eigenvalue weighted by Crippen LogP contribution is 2.30. The molecule has 90 valence electrons. The highest BCUT2D eigenvalue weighted by atomic mass is 35.5. The Balaban J connectivity index is 2.94. The minimum atomic E-state index is 0.412. The second-order valence-corrected chi connectivity index (χ2v) is 4.98. The first-order valence-electron chi connectivity index (χ1n) is 4.63. The Morgan fingerprint density at radius 1 is 1.50 bits per heavy atom. The van der Waals surface area contributed by atoms with E-state index in [4.69, 9.17) is 29.0 Å². The molecule has 0 unspecified atom stereocenters. The second-order valence-electron chi connectivity index (χ2n) is 3.18. The van der Waals surface area contributed by atoms with Crippen LogP contribution in [0, 0.1) is 0 Å². The number of nitrogens with two attached hydrogens (primary N) is 1. The van der Waals surface area contributed by atoms with Crippen molar-refractivity contribution < 1.29 is 0 Å². The third-order valence-electron chi connectivity index (χ3n) is 2.04. The lowest BCUT2D eigenvalue weighted by Gasteiger charge is -2.19. The lowest BCUT2D eigenvalue weighted by Crippen LogP contribution is -2.22. The Morgan fingerprint density at radius 3 is 2.75 bits per heavy atom. The molecule has 4 nitrogen and oxygen atoms in total. The van der Waals surface area contributed by atoms with Gasteiger partial charge in [0.25, 0.3) is 0 Å². The number of nitrogens with one attached hydrogen (secondary N) is 1. The minimum absolute atomic E-state index is 0.412. The normalized spacial score (nSPS) is 10.3. The number of anilines is 2. The molecule has 1 aromatic heterocycles. The SMILES string of the molecule is CSCCN(C)c1nc(NN)c(Cl)cc1Cl. The summed E-state index contributed by atoms with van der Waals surface area (Å²) in [7, 11) is 1.93. The van der Waals surface area contributed by atoms with Crippen LogP contribution in [-0.4, -0.2) is 30.6 Å². The Morgan fingerprint density at radius 2 is 2.19 bits per heavy atom. The molecule has 0 aliphatic carbocycles. The van der Waals surface area contributed by atoms with Crippen LogP contribution in [0.4, 0.5) is 11.6 Å². The highest BCUT2D eigenvalue weighted by molar-refractivity contribution is 7.98. The molecule has 0 saturated carbocycles. The van der Waals surface area contributed by atoms with Crippen LogP contribution in [-0.2, 0) is 0 Å². The van der Waals surface area contributed by atoms with E-state index in [2.05, 4.69) is 16.7 Å². The molecule has 16 heavy (non-hydrogen) atoms. The van der Waals surface area contributed by atoms with Crippen LogP contribution in [0.15, 0.2) is 6.07 Å². The average Bonchev–Trinajstić information content (AvgIpc) is 2.26. The van der Waals surface area contributed by atoms with Gasteiger partial charge >= 0.3 is 0 Å². The summed E-state index contributed by atoms with van der Waals surface area (Å²) in [6, 6.07) is 1.64. The fourth-order valence-electron chi connectivity index (χ4n) is 1.16. The van der Waals surface area contributed by atoms with Gasteiger partial charge in [0.15, 0.2) is 5.82 Å². The zero-order valence-corrected chi connectivity index (χ0v) is 11.5. The Bertz CT molecular complexity index is 362. The first-order valence-corrected chi connectivity index (χ1v) is 6.77. The smallest absolute Gasteiger partial charge is 0.161 e. The molecule has 0 saturated heterocycles. The van der Waals surface area contributed by atoms with E-state index in [1.54, 1.807) is 17.8 Å². The first kappa shape index (κ1) is 13.7. The lowest BCUT2D eigenvalue weighted by atomic mass is 10.4. The Hall–Kier alpha value is -0.360. The molecule has 3 N–H and O–H groups in total. The molecule has 1 aromatic rings. The fraction of sp³-hybridized carbons (Fsp3) is 0.444. The van der Waals surface area contributed by atoms with E-state index in [-0.39, 0.29) is 0 Å². The fourth-order valence-corrected chi connectivity index (χ4v) is 2.17. The molecule has 1 heterocycles. The average molecular weight is 281 g/mol. The van der Waals surface area contributed by atoms with Gasteiger partial charge in [-0.3, -0.25) is 0 Å². The number of thioether (sulfide) groups is 1. The van der Waals surface area contributed by atoms with Gasteiger partial charge in [0.2, 0.25) is 0 Å². The number of pyridine rings is 1. The van der Waals surface area contributed by atoms with Crippen molar-refractivity contribution in [3.8, 4) is 0 Å². The van der Waals surface area contributed by atoms with E-state index >= 15 is 0 Å². The Kier molecular flexibility index (Phi) is 5.48. The molecule has 0 atom stereocenters. The first-order chi connectivity index (χ1) is 7.60. The third-order valence-corrected chi connectivity index (χ3v) is 3.20. The van der Waals surface area contributed by atoms with Gasteiger partial charge in [0.1, 0.15) is 5.82 Å². The molecule has 0 aliphatic heterocycles. The standard InChI is InChI=1S/C9H14Cl2N4S/c1-15(3-4-16-2)9-7(11)5-6(10)8(13-9)14-12/h5H,3-4,12H2,1-2H3,(H,13,14). The Labute approximate surface area is 109 Å². The maximum absolute atomic E-state index is 6.07. The molecule has 0 spiro atoms. The molecule has 0 aromatic carbocycles. The van der Waals surface area contributed by atoms with Crippen LogP contribution in [0.3, 0.4) is 0 Å². The molecular formula is C9H14Cl2N4S. The third kappa shape index (κ3) is 3.31. The van der Waals surface area contributed by atoms with Gasteiger partial charge in [0, 0.05) is 19.3 Å². The summed E-state index contributed by atoms with van der Waals surface area (Å²) in [5.74, 6) is 7.41. The van der Waals surface area contributed by atoms with Gasteiger partial charge in [-0.05, 0) is 12.3 Å². The van der Waals surface area contributed by atoms with Gasteiger partial charge in [0.05, 0.1) is 10.0 Å². The predicted octanol–water partition coefficient (Wildman–Crippen LogP) is 2.47. The number of hydrazine groups is 1. The number of aromatic nitrogens is 1. The number of hydrogen-bond acceptors (Lipinski definition) is 5. The summed E-state index contributed by atoms with van der Waals surface area (Å²) in [6.45, 7) is 0.861. The van der Waals surface area contributed by atoms with Gasteiger partial charge in [-0.1, -0.05) is 23.2 Å². The van der Waals surface area contributed by atoms with E-state index in [0.717, 1.165) is 12.3 Å². The number of rotatable bonds is 5. The summed E-state index contributed by atoms with van der Waals surface area (Å²) < 4.78 is 0. The van der Waals surface area contributed by atoms with Crippen molar-refractivity contribution in [1.82, 2.24) is 4.98 Å². The van der Waals surface area contributed by atoms with Crippen LogP contribution in [0.2, 0.25) is 10.0 Å². The number of nitrogens with zero attached hydrogens (tertiary/aromatic N) is 2. The maximum atomic E-state index is 6.07. The quantitative estimate of drug-likeness (QED) is 0.641. The zero-order valence-electron chi connectivity index (χ0n) is 9.13. The van der Waals surface area contributed by atoms with Crippen molar-refractivity contribution >= 4 is 46.6 Å². The number of nitrogen functional groups attached to an aromatic ring is 1. The lowest BCUT2D eigenvalue weighted by molar-refractivity contribution is 0.946. The van der Waals surface area contributed by atoms with Crippen LogP contribution in [0.25, 0.3) is 0 Å². The molecule has 0 bridgehead atoms.